The highest BCUT2D eigenvalue weighted by atomic mass is 35.5. The number of allylic oxidation sites excluding steroid dienone is 1. The highest BCUT2D eigenvalue weighted by Crippen LogP contribution is 2.31. The molecule has 28 heavy (non-hydrogen) atoms. The van der Waals surface area contributed by atoms with Crippen LogP contribution in [0.4, 0.5) is 5.95 Å². The third-order valence-corrected chi connectivity index (χ3v) is 4.65. The van der Waals surface area contributed by atoms with Gasteiger partial charge in [0.15, 0.2) is 11.5 Å². The number of aromatic nitrogens is 4. The van der Waals surface area contributed by atoms with Gasteiger partial charge in [0, 0.05) is 22.2 Å². The number of benzene rings is 2. The maximum atomic E-state index is 6.19. The average Bonchev–Trinajstić information content (AvgIpc) is 3.14. The smallest absolute Gasteiger partial charge is 0.243 e. The van der Waals surface area contributed by atoms with Crippen LogP contribution in [0.1, 0.15) is 11.1 Å². The zero-order chi connectivity index (χ0) is 19.9. The van der Waals surface area contributed by atoms with Gasteiger partial charge in [-0.05, 0) is 40.3 Å². The van der Waals surface area contributed by atoms with Crippen LogP contribution in [-0.4, -0.2) is 27.3 Å². The van der Waals surface area contributed by atoms with Gasteiger partial charge >= 0.3 is 0 Å². The summed E-state index contributed by atoms with van der Waals surface area (Å²) in [5.74, 6) is 1.76. The Morgan fingerprint density at radius 3 is 2.68 bits per heavy atom. The number of tetrazole rings is 1. The molecule has 0 aliphatic carbocycles. The molecule has 0 fully saturated rings. The Kier molecular flexibility index (Phi) is 6.73. The molecule has 9 heteroatoms. The molecule has 0 unspecified atom stereocenters. The van der Waals surface area contributed by atoms with Crippen LogP contribution in [0.5, 0.6) is 11.5 Å². The van der Waals surface area contributed by atoms with Crippen LogP contribution in [0.25, 0.3) is 0 Å². The highest BCUT2D eigenvalue weighted by molar-refractivity contribution is 6.35. The molecular formula is C19H19Cl2N5O2. The van der Waals surface area contributed by atoms with Gasteiger partial charge < -0.3 is 14.8 Å². The van der Waals surface area contributed by atoms with Crippen molar-refractivity contribution in [2.75, 3.05) is 12.4 Å². The van der Waals surface area contributed by atoms with Crippen LogP contribution >= 0.6 is 23.2 Å². The van der Waals surface area contributed by atoms with Crippen LogP contribution in [0.15, 0.2) is 49.1 Å². The molecule has 0 bridgehead atoms. The fourth-order valence-electron chi connectivity index (χ4n) is 2.52. The monoisotopic (exact) mass is 419 g/mol. The van der Waals surface area contributed by atoms with Crippen molar-refractivity contribution in [2.24, 2.45) is 0 Å². The number of halogens is 2. The Labute approximate surface area is 172 Å². The fraction of sp³-hybridized carbons (Fsp3) is 0.211. The maximum absolute atomic E-state index is 6.19. The zero-order valence-corrected chi connectivity index (χ0v) is 16.7. The predicted molar refractivity (Wildman–Crippen MR) is 109 cm³/mol. The normalized spacial score (nSPS) is 10.5. The standard InChI is InChI=1S/C19H19Cl2N5O2/c1-3-9-26-19(23-24-25-26)22-11-13-7-8-17(18(10-13)27-2)28-12-14-15(20)5-4-6-16(14)21/h3-8,10H,1,9,11-12H2,2H3,(H,22,23,25). The van der Waals surface area contributed by atoms with Crippen molar-refractivity contribution in [3.63, 3.8) is 0 Å². The summed E-state index contributed by atoms with van der Waals surface area (Å²) < 4.78 is 12.9. The molecule has 0 aliphatic heterocycles. The van der Waals surface area contributed by atoms with E-state index >= 15 is 0 Å². The lowest BCUT2D eigenvalue weighted by Crippen LogP contribution is -2.08. The predicted octanol–water partition coefficient (Wildman–Crippen LogP) is 4.37. The number of nitrogens with zero attached hydrogens (tertiary/aromatic N) is 4. The Bertz CT molecular complexity index is 941. The summed E-state index contributed by atoms with van der Waals surface area (Å²) in [6, 6.07) is 11.0. The lowest BCUT2D eigenvalue weighted by Gasteiger charge is -2.14. The van der Waals surface area contributed by atoms with E-state index in [-0.39, 0.29) is 6.61 Å². The number of rotatable bonds is 9. The Balaban J connectivity index is 1.68. The second-order valence-electron chi connectivity index (χ2n) is 5.80. The number of hydrogen-bond acceptors (Lipinski definition) is 6. The quantitative estimate of drug-likeness (QED) is 0.519. The van der Waals surface area contributed by atoms with E-state index in [2.05, 4.69) is 27.4 Å². The van der Waals surface area contributed by atoms with E-state index in [9.17, 15) is 0 Å². The van der Waals surface area contributed by atoms with Gasteiger partial charge in [0.1, 0.15) is 6.61 Å². The topological polar surface area (TPSA) is 74.1 Å². The molecule has 146 valence electrons. The van der Waals surface area contributed by atoms with Gasteiger partial charge in [-0.3, -0.25) is 0 Å². The van der Waals surface area contributed by atoms with E-state index in [1.54, 1.807) is 36.1 Å². The minimum Gasteiger partial charge on any atom is -0.493 e. The molecule has 0 atom stereocenters. The van der Waals surface area contributed by atoms with E-state index < -0.39 is 0 Å². The van der Waals surface area contributed by atoms with Gasteiger partial charge in [-0.2, -0.15) is 0 Å². The fourth-order valence-corrected chi connectivity index (χ4v) is 3.03. The molecule has 1 heterocycles. The largest absolute Gasteiger partial charge is 0.493 e. The first-order valence-electron chi connectivity index (χ1n) is 8.46. The van der Waals surface area contributed by atoms with Gasteiger partial charge in [-0.25, -0.2) is 4.68 Å². The highest BCUT2D eigenvalue weighted by Gasteiger charge is 2.11. The van der Waals surface area contributed by atoms with Crippen LogP contribution < -0.4 is 14.8 Å². The molecule has 1 N–H and O–H groups in total. The summed E-state index contributed by atoms with van der Waals surface area (Å²) in [5.41, 5.74) is 1.71. The second kappa shape index (κ2) is 9.43. The van der Waals surface area contributed by atoms with Crippen molar-refractivity contribution in [1.82, 2.24) is 20.2 Å². The van der Waals surface area contributed by atoms with Gasteiger partial charge in [0.05, 0.1) is 13.7 Å². The molecular weight excluding hydrogens is 401 g/mol. The molecule has 0 saturated heterocycles. The van der Waals surface area contributed by atoms with Crippen molar-refractivity contribution < 1.29 is 9.47 Å². The number of anilines is 1. The van der Waals surface area contributed by atoms with E-state index in [4.69, 9.17) is 32.7 Å². The first-order valence-corrected chi connectivity index (χ1v) is 9.21. The molecule has 7 nitrogen and oxygen atoms in total. The van der Waals surface area contributed by atoms with Crippen molar-refractivity contribution in [1.29, 1.82) is 0 Å². The molecule has 1 aromatic heterocycles. The van der Waals surface area contributed by atoms with Gasteiger partial charge in [-0.1, -0.05) is 46.5 Å². The van der Waals surface area contributed by atoms with Crippen LogP contribution in [-0.2, 0) is 19.7 Å². The Hall–Kier alpha value is -2.77. The lowest BCUT2D eigenvalue weighted by molar-refractivity contribution is 0.284. The van der Waals surface area contributed by atoms with Crippen LogP contribution in [0.3, 0.4) is 0 Å². The van der Waals surface area contributed by atoms with Crippen LogP contribution in [0.2, 0.25) is 10.0 Å². The lowest BCUT2D eigenvalue weighted by atomic mass is 10.2. The van der Waals surface area contributed by atoms with Gasteiger partial charge in [-0.15, -0.1) is 6.58 Å². The minimum atomic E-state index is 0.239. The SMILES string of the molecule is C=CCn1nnnc1NCc1ccc(OCc2c(Cl)cccc2Cl)c(OC)c1. The molecule has 0 saturated carbocycles. The third-order valence-electron chi connectivity index (χ3n) is 3.95. The third kappa shape index (κ3) is 4.74. The summed E-state index contributed by atoms with van der Waals surface area (Å²) in [4.78, 5) is 0. The second-order valence-corrected chi connectivity index (χ2v) is 6.62. The molecule has 0 amide bonds. The van der Waals surface area contributed by atoms with E-state index in [0.717, 1.165) is 11.1 Å². The molecule has 0 aliphatic rings. The Morgan fingerprint density at radius 1 is 1.18 bits per heavy atom. The number of nitrogens with one attached hydrogen (secondary N) is 1. The van der Waals surface area contributed by atoms with E-state index in [1.165, 1.54) is 0 Å². The Morgan fingerprint density at radius 2 is 1.96 bits per heavy atom. The molecule has 3 rings (SSSR count). The molecule has 0 spiro atoms. The summed E-state index contributed by atoms with van der Waals surface area (Å²) in [5, 5.41) is 15.8. The number of hydrogen-bond donors (Lipinski definition) is 1. The molecule has 3 aromatic rings. The summed E-state index contributed by atoms with van der Waals surface area (Å²) >= 11 is 12.4. The van der Waals surface area contributed by atoms with Crippen molar-refractivity contribution in [3.8, 4) is 11.5 Å². The van der Waals surface area contributed by atoms with Gasteiger partial charge in [0.2, 0.25) is 5.95 Å². The maximum Gasteiger partial charge on any atom is 0.243 e. The number of ether oxygens (including phenoxy) is 2. The molecule has 2 aromatic carbocycles. The van der Waals surface area contributed by atoms with E-state index in [1.807, 2.05) is 18.2 Å². The zero-order valence-electron chi connectivity index (χ0n) is 15.2. The average molecular weight is 420 g/mol. The van der Waals surface area contributed by atoms with E-state index in [0.29, 0.717) is 40.6 Å². The number of methoxy groups -OCH3 is 1. The summed E-state index contributed by atoms with van der Waals surface area (Å²) in [6.45, 7) is 4.97. The van der Waals surface area contributed by atoms with Crippen molar-refractivity contribution in [2.45, 2.75) is 19.7 Å². The molecule has 0 radical (unpaired) electrons. The van der Waals surface area contributed by atoms with Gasteiger partial charge in [0.25, 0.3) is 0 Å². The summed E-state index contributed by atoms with van der Waals surface area (Å²) in [7, 11) is 1.59. The first-order chi connectivity index (χ1) is 13.6. The summed E-state index contributed by atoms with van der Waals surface area (Å²) in [6.07, 6.45) is 1.72. The first kappa shape index (κ1) is 20.0. The van der Waals surface area contributed by atoms with Crippen molar-refractivity contribution >= 4 is 29.2 Å². The van der Waals surface area contributed by atoms with Crippen molar-refractivity contribution in [3.05, 3.63) is 70.2 Å². The minimum absolute atomic E-state index is 0.239. The van der Waals surface area contributed by atoms with Crippen LogP contribution in [0, 0.1) is 0 Å².